The van der Waals surface area contributed by atoms with Crippen LogP contribution in [0.5, 0.6) is 5.75 Å². The molecular formula is C43H50N8O9. The Hall–Kier alpha value is -6.20. The Labute approximate surface area is 346 Å². The number of aromatic nitrogens is 4. The van der Waals surface area contributed by atoms with Gasteiger partial charge in [-0.15, -0.1) is 0 Å². The van der Waals surface area contributed by atoms with Gasteiger partial charge in [-0.2, -0.15) is 0 Å². The zero-order valence-electron chi connectivity index (χ0n) is 34.5. The lowest BCUT2D eigenvalue weighted by Gasteiger charge is -2.30. The molecule has 4 N–H and O–H groups in total. The Morgan fingerprint density at radius 2 is 1.42 bits per heavy atom. The first-order valence-corrected chi connectivity index (χ1v) is 20.2. The highest BCUT2D eigenvalue weighted by molar-refractivity contribution is 6.07. The number of methoxy groups -OCH3 is 4. The third kappa shape index (κ3) is 7.47. The van der Waals surface area contributed by atoms with Crippen molar-refractivity contribution < 1.29 is 42.9 Å². The summed E-state index contributed by atoms with van der Waals surface area (Å²) in [5, 5.41) is 7.19. The van der Waals surface area contributed by atoms with Gasteiger partial charge in [0.1, 0.15) is 36.1 Å². The Kier molecular flexibility index (Phi) is 11.4. The van der Waals surface area contributed by atoms with Crippen LogP contribution in [0.2, 0.25) is 0 Å². The lowest BCUT2D eigenvalue weighted by atomic mass is 9.92. The Balaban J connectivity index is 1.03. The second-order valence-electron chi connectivity index (χ2n) is 15.5. The molecule has 5 aromatic rings. The van der Waals surface area contributed by atoms with Crippen LogP contribution in [0.15, 0.2) is 48.7 Å². The fraction of sp³-hybridized carbons (Fsp3) is 0.442. The van der Waals surface area contributed by atoms with Crippen LogP contribution in [0, 0.1) is 0 Å². The molecule has 0 radical (unpaired) electrons. The molecule has 2 aromatic heterocycles. The highest BCUT2D eigenvalue weighted by atomic mass is 16.5. The molecule has 6 atom stereocenters. The summed E-state index contributed by atoms with van der Waals surface area (Å²) in [6.07, 6.45) is 2.26. The van der Waals surface area contributed by atoms with Crippen LogP contribution in [0.4, 0.5) is 9.59 Å². The second kappa shape index (κ2) is 16.8. The van der Waals surface area contributed by atoms with Gasteiger partial charge in [0.15, 0.2) is 0 Å². The maximum Gasteiger partial charge on any atom is 0.407 e. The van der Waals surface area contributed by atoms with Gasteiger partial charge in [0.05, 0.1) is 61.4 Å². The molecule has 0 bridgehead atoms. The second-order valence-corrected chi connectivity index (χ2v) is 15.5. The first kappa shape index (κ1) is 40.6. The average molecular weight is 823 g/mol. The van der Waals surface area contributed by atoms with E-state index in [4.69, 9.17) is 33.7 Å². The van der Waals surface area contributed by atoms with Gasteiger partial charge in [-0.05, 0) is 85.9 Å². The van der Waals surface area contributed by atoms with E-state index >= 15 is 0 Å². The lowest BCUT2D eigenvalue weighted by Crippen LogP contribution is -2.54. The third-order valence-electron chi connectivity index (χ3n) is 12.1. The van der Waals surface area contributed by atoms with Crippen molar-refractivity contribution in [3.8, 4) is 28.1 Å². The molecule has 3 aromatic carbocycles. The van der Waals surface area contributed by atoms with Crippen molar-refractivity contribution in [3.05, 3.63) is 65.9 Å². The minimum atomic E-state index is -0.920. The van der Waals surface area contributed by atoms with E-state index in [0.717, 1.165) is 81.2 Å². The number of carbonyl (C=O) groups is 4. The number of aromatic amines is 2. The number of imidazole rings is 2. The summed E-state index contributed by atoms with van der Waals surface area (Å²) in [5.74, 6) is 1.58. The van der Waals surface area contributed by atoms with Gasteiger partial charge in [-0.3, -0.25) is 9.59 Å². The zero-order valence-corrected chi connectivity index (χ0v) is 34.5. The number of likely N-dealkylation sites (tertiary alicyclic amines) is 2. The van der Waals surface area contributed by atoms with E-state index in [-0.39, 0.29) is 23.9 Å². The van der Waals surface area contributed by atoms with E-state index in [1.807, 2.05) is 12.1 Å². The third-order valence-corrected chi connectivity index (χ3v) is 12.1. The molecule has 0 spiro atoms. The molecule has 0 saturated carbocycles. The van der Waals surface area contributed by atoms with Gasteiger partial charge < -0.3 is 54.1 Å². The monoisotopic (exact) mass is 822 g/mol. The van der Waals surface area contributed by atoms with E-state index in [2.05, 4.69) is 50.9 Å². The summed E-state index contributed by atoms with van der Waals surface area (Å²) in [6, 6.07) is 12.1. The smallest absolute Gasteiger partial charge is 0.407 e. The Morgan fingerprint density at radius 3 is 2.03 bits per heavy atom. The van der Waals surface area contributed by atoms with Crippen LogP contribution in [0.1, 0.15) is 68.8 Å². The predicted molar refractivity (Wildman–Crippen MR) is 220 cm³/mol. The molecule has 0 unspecified atom stereocenters. The fourth-order valence-corrected chi connectivity index (χ4v) is 8.67. The molecule has 17 heteroatoms. The van der Waals surface area contributed by atoms with Crippen LogP contribution >= 0.6 is 0 Å². The lowest BCUT2D eigenvalue weighted by molar-refractivity contribution is -0.138. The molecule has 60 heavy (non-hydrogen) atoms. The number of nitrogens with one attached hydrogen (secondary N) is 4. The number of carbonyl (C=O) groups excluding carboxylic acids is 4. The molecule has 8 rings (SSSR count). The van der Waals surface area contributed by atoms with Gasteiger partial charge in [0.25, 0.3) is 0 Å². The number of nitrogens with zero attached hydrogens (tertiary/aromatic N) is 4. The summed E-state index contributed by atoms with van der Waals surface area (Å²) in [4.78, 5) is 72.0. The number of hydrogen-bond acceptors (Lipinski definition) is 11. The van der Waals surface area contributed by atoms with Crippen LogP contribution < -0.4 is 15.4 Å². The normalized spacial score (nSPS) is 19.2. The molecule has 2 saturated heterocycles. The van der Waals surface area contributed by atoms with Crippen LogP contribution in [-0.2, 0) is 35.1 Å². The van der Waals surface area contributed by atoms with Crippen molar-refractivity contribution in [1.29, 1.82) is 0 Å². The first-order chi connectivity index (χ1) is 29.0. The summed E-state index contributed by atoms with van der Waals surface area (Å²) in [6.45, 7) is 4.88. The minimum absolute atomic E-state index is 0.259. The van der Waals surface area contributed by atoms with Gasteiger partial charge >= 0.3 is 12.2 Å². The Morgan fingerprint density at radius 1 is 0.783 bits per heavy atom. The summed E-state index contributed by atoms with van der Waals surface area (Å²) >= 11 is 0. The molecule has 0 aliphatic carbocycles. The van der Waals surface area contributed by atoms with Crippen molar-refractivity contribution in [1.82, 2.24) is 40.4 Å². The van der Waals surface area contributed by atoms with Crippen molar-refractivity contribution in [3.63, 3.8) is 0 Å². The van der Waals surface area contributed by atoms with Crippen LogP contribution in [-0.4, -0.2) is 120 Å². The van der Waals surface area contributed by atoms with E-state index in [1.165, 1.54) is 28.4 Å². The van der Waals surface area contributed by atoms with Gasteiger partial charge in [0, 0.05) is 38.3 Å². The quantitative estimate of drug-likeness (QED) is 0.131. The SMILES string of the molecule is COC(=O)N[C@H](C(=O)N1CCC[C@H]1c1ncc(-c2ccc3c(c2)COc2cc4c(ccc5[nH]c([C@@H]6CCCN6C(=O)[C@@H](NC(=O)OC)[C@@H](C)OC)nc54)cc2-3)[nH]1)[C@@H](C)OC. The number of H-pyrrole nitrogens is 2. The highest BCUT2D eigenvalue weighted by Crippen LogP contribution is 2.43. The Bertz CT molecular complexity index is 2450. The summed E-state index contributed by atoms with van der Waals surface area (Å²) < 4.78 is 26.8. The number of hydrogen-bond donors (Lipinski definition) is 4. The van der Waals surface area contributed by atoms with Gasteiger partial charge in [-0.1, -0.05) is 18.2 Å². The van der Waals surface area contributed by atoms with E-state index in [0.29, 0.717) is 31.3 Å². The maximum absolute atomic E-state index is 13.8. The van der Waals surface area contributed by atoms with Gasteiger partial charge in [-0.25, -0.2) is 19.6 Å². The molecule has 316 valence electrons. The molecule has 2 fully saturated rings. The topological polar surface area (TPSA) is 202 Å². The number of fused-ring (bicyclic) bond motifs is 6. The van der Waals surface area contributed by atoms with Crippen molar-refractivity contribution in [2.24, 2.45) is 0 Å². The average Bonchev–Trinajstić information content (AvgIpc) is 4.12. The molecular weight excluding hydrogens is 773 g/mol. The van der Waals surface area contributed by atoms with Crippen molar-refractivity contribution in [2.45, 2.75) is 82.5 Å². The van der Waals surface area contributed by atoms with Crippen LogP contribution in [0.3, 0.4) is 0 Å². The molecule has 4 amide bonds. The number of benzene rings is 3. The molecule has 5 heterocycles. The van der Waals surface area contributed by atoms with E-state index in [1.54, 1.807) is 29.8 Å². The largest absolute Gasteiger partial charge is 0.488 e. The van der Waals surface area contributed by atoms with E-state index in [9.17, 15) is 19.2 Å². The molecule has 3 aliphatic heterocycles. The fourth-order valence-electron chi connectivity index (χ4n) is 8.67. The van der Waals surface area contributed by atoms with Gasteiger partial charge in [0.2, 0.25) is 11.8 Å². The highest BCUT2D eigenvalue weighted by Gasteiger charge is 2.40. The first-order valence-electron chi connectivity index (χ1n) is 20.2. The summed E-state index contributed by atoms with van der Waals surface area (Å²) in [5.41, 5.74) is 6.44. The van der Waals surface area contributed by atoms with Crippen molar-refractivity contribution in [2.75, 3.05) is 41.5 Å². The van der Waals surface area contributed by atoms with Crippen molar-refractivity contribution >= 4 is 45.8 Å². The number of amides is 4. The standard InChI is InChI=1S/C43H50N8O9/c1-22(56-3)35(48-42(54)58-5)40(52)50-15-7-9-32(50)38-44-20-31(46-38)25-11-13-27-26(17-25)21-60-34-19-28-24(18-29(27)34)12-14-30-37(28)47-39(45-30)33-10-8-16-51(33)41(53)36(23(2)57-4)49-43(55)59-6/h11-14,17-20,22-23,32-33,35-36H,7-10,15-16,21H2,1-6H3,(H,44,46)(H,45,47)(H,48,54)(H,49,55)/t22-,23-,32+,33+,35+,36+/m1/s1. The number of ether oxygens (including phenoxy) is 5. The maximum atomic E-state index is 13.8. The predicted octanol–water partition coefficient (Wildman–Crippen LogP) is 5.51. The molecule has 17 nitrogen and oxygen atoms in total. The molecule has 3 aliphatic rings. The number of alkyl carbamates (subject to hydrolysis) is 2. The number of rotatable bonds is 11. The van der Waals surface area contributed by atoms with Crippen LogP contribution in [0.25, 0.3) is 44.2 Å². The zero-order chi connectivity index (χ0) is 42.2. The van der Waals surface area contributed by atoms with E-state index < -0.39 is 36.5 Å². The summed E-state index contributed by atoms with van der Waals surface area (Å²) in [7, 11) is 5.51. The minimum Gasteiger partial charge on any atom is -0.488 e.